The number of aromatic nitrogens is 2. The van der Waals surface area contributed by atoms with Crippen LogP contribution in [0.1, 0.15) is 6.92 Å². The Labute approximate surface area is 99.8 Å². The van der Waals surface area contributed by atoms with Gasteiger partial charge in [-0.25, -0.2) is 4.79 Å². The molecule has 6 nitrogen and oxygen atoms in total. The highest BCUT2D eigenvalue weighted by Crippen LogP contribution is 2.24. The van der Waals surface area contributed by atoms with Crippen LogP contribution in [-0.2, 0) is 16.1 Å². The van der Waals surface area contributed by atoms with Crippen LogP contribution < -0.4 is 0 Å². The summed E-state index contributed by atoms with van der Waals surface area (Å²) in [6, 6.07) is 1.90. The van der Waals surface area contributed by atoms with Gasteiger partial charge in [-0.15, -0.1) is 0 Å². The topological polar surface area (TPSA) is 67.6 Å². The van der Waals surface area contributed by atoms with Crippen molar-refractivity contribution in [2.24, 2.45) is 0 Å². The molecule has 0 spiro atoms. The first kappa shape index (κ1) is 12.1. The van der Waals surface area contributed by atoms with Gasteiger partial charge in [0, 0.05) is 32.0 Å². The zero-order valence-corrected chi connectivity index (χ0v) is 9.87. The van der Waals surface area contributed by atoms with E-state index in [1.165, 1.54) is 0 Å². The second kappa shape index (κ2) is 4.85. The van der Waals surface area contributed by atoms with Crippen LogP contribution in [0.3, 0.4) is 0 Å². The average Bonchev–Trinajstić information content (AvgIpc) is 2.73. The lowest BCUT2D eigenvalue weighted by molar-refractivity contribution is -0.164. The van der Waals surface area contributed by atoms with Gasteiger partial charge in [-0.05, 0) is 13.0 Å². The van der Waals surface area contributed by atoms with Crippen molar-refractivity contribution in [2.75, 3.05) is 26.2 Å². The maximum atomic E-state index is 10.4. The molecule has 1 saturated heterocycles. The van der Waals surface area contributed by atoms with E-state index >= 15 is 0 Å². The number of likely N-dealkylation sites (tertiary alicyclic amines) is 1. The first-order chi connectivity index (χ1) is 8.07. The number of ether oxygens (including phenoxy) is 1. The van der Waals surface area contributed by atoms with Crippen LogP contribution in [0.5, 0.6) is 0 Å². The van der Waals surface area contributed by atoms with Gasteiger partial charge in [0.2, 0.25) is 0 Å². The van der Waals surface area contributed by atoms with Crippen molar-refractivity contribution in [3.8, 4) is 0 Å². The van der Waals surface area contributed by atoms with E-state index in [0.29, 0.717) is 0 Å². The summed E-state index contributed by atoms with van der Waals surface area (Å²) in [5.74, 6) is -0.916. The Balaban J connectivity index is 1.66. The maximum Gasteiger partial charge on any atom is 0.329 e. The van der Waals surface area contributed by atoms with Gasteiger partial charge in [0.1, 0.15) is 6.61 Å². The summed E-state index contributed by atoms with van der Waals surface area (Å²) in [5.41, 5.74) is -0.303. The van der Waals surface area contributed by atoms with Crippen molar-refractivity contribution in [2.45, 2.75) is 19.1 Å². The number of carboxylic acids is 1. The number of rotatable bonds is 6. The van der Waals surface area contributed by atoms with Crippen molar-refractivity contribution in [3.63, 3.8) is 0 Å². The minimum atomic E-state index is -0.916. The Kier molecular flexibility index (Phi) is 3.44. The first-order valence-electron chi connectivity index (χ1n) is 5.63. The standard InChI is InChI=1S/C11H17N3O3/c1-11(17-7-10(15)16)8-13(9-11)5-6-14-4-2-3-12-14/h2-4H,5-9H2,1H3,(H,15,16). The normalized spacial score (nSPS) is 18.9. The zero-order valence-electron chi connectivity index (χ0n) is 9.87. The van der Waals surface area contributed by atoms with Gasteiger partial charge >= 0.3 is 5.97 Å². The average molecular weight is 239 g/mol. The molecule has 6 heteroatoms. The molecule has 2 heterocycles. The van der Waals surface area contributed by atoms with Gasteiger partial charge in [-0.3, -0.25) is 9.58 Å². The van der Waals surface area contributed by atoms with Gasteiger partial charge < -0.3 is 9.84 Å². The third kappa shape index (κ3) is 3.28. The maximum absolute atomic E-state index is 10.4. The van der Waals surface area contributed by atoms with E-state index < -0.39 is 5.97 Å². The quantitative estimate of drug-likeness (QED) is 0.760. The SMILES string of the molecule is CC1(OCC(=O)O)CN(CCn2cccn2)C1. The van der Waals surface area contributed by atoms with E-state index in [-0.39, 0.29) is 12.2 Å². The lowest BCUT2D eigenvalue weighted by atomic mass is 9.96. The van der Waals surface area contributed by atoms with E-state index in [9.17, 15) is 4.79 Å². The molecule has 0 bridgehead atoms. The van der Waals surface area contributed by atoms with Gasteiger partial charge in [-0.1, -0.05) is 0 Å². The molecule has 0 aliphatic carbocycles. The molecule has 0 saturated carbocycles. The number of nitrogens with zero attached hydrogens (tertiary/aromatic N) is 3. The Morgan fingerprint density at radius 1 is 1.53 bits per heavy atom. The van der Waals surface area contributed by atoms with Gasteiger partial charge in [0.15, 0.2) is 0 Å². The number of hydrogen-bond donors (Lipinski definition) is 1. The molecule has 94 valence electrons. The third-order valence-corrected chi connectivity index (χ3v) is 2.86. The van der Waals surface area contributed by atoms with Gasteiger partial charge in [0.05, 0.1) is 12.1 Å². The molecule has 0 aromatic carbocycles. The van der Waals surface area contributed by atoms with E-state index in [1.54, 1.807) is 6.20 Å². The molecule has 2 rings (SSSR count). The fraction of sp³-hybridized carbons (Fsp3) is 0.636. The highest BCUT2D eigenvalue weighted by molar-refractivity contribution is 5.68. The number of carboxylic acid groups (broad SMARTS) is 1. The summed E-state index contributed by atoms with van der Waals surface area (Å²) >= 11 is 0. The monoisotopic (exact) mass is 239 g/mol. The molecule has 0 atom stereocenters. The van der Waals surface area contributed by atoms with Crippen LogP contribution >= 0.6 is 0 Å². The number of carbonyl (C=O) groups is 1. The molecule has 1 aliphatic heterocycles. The summed E-state index contributed by atoms with van der Waals surface area (Å²) in [4.78, 5) is 12.6. The molecule has 17 heavy (non-hydrogen) atoms. The fourth-order valence-electron chi connectivity index (χ4n) is 2.06. The number of aliphatic carboxylic acids is 1. The molecule has 0 amide bonds. The molecule has 1 aliphatic rings. The van der Waals surface area contributed by atoms with Crippen molar-refractivity contribution in [1.29, 1.82) is 0 Å². The second-order valence-corrected chi connectivity index (χ2v) is 4.61. The lowest BCUT2D eigenvalue weighted by Crippen LogP contribution is -2.62. The highest BCUT2D eigenvalue weighted by Gasteiger charge is 2.39. The molecular formula is C11H17N3O3. The van der Waals surface area contributed by atoms with E-state index in [4.69, 9.17) is 9.84 Å². The largest absolute Gasteiger partial charge is 0.480 e. The molecule has 1 N–H and O–H groups in total. The highest BCUT2D eigenvalue weighted by atomic mass is 16.5. The molecular weight excluding hydrogens is 222 g/mol. The fourth-order valence-corrected chi connectivity index (χ4v) is 2.06. The van der Waals surface area contributed by atoms with E-state index in [1.807, 2.05) is 23.9 Å². The molecule has 0 unspecified atom stereocenters. The van der Waals surface area contributed by atoms with Crippen LogP contribution in [0.2, 0.25) is 0 Å². The molecule has 1 aromatic rings. The van der Waals surface area contributed by atoms with Crippen LogP contribution in [0.25, 0.3) is 0 Å². The van der Waals surface area contributed by atoms with Gasteiger partial charge in [-0.2, -0.15) is 5.10 Å². The smallest absolute Gasteiger partial charge is 0.329 e. The van der Waals surface area contributed by atoms with Crippen LogP contribution in [0, 0.1) is 0 Å². The Bertz CT molecular complexity index is 371. The summed E-state index contributed by atoms with van der Waals surface area (Å²) in [5, 5.41) is 12.7. The summed E-state index contributed by atoms with van der Waals surface area (Å²) in [7, 11) is 0. The predicted molar refractivity (Wildman–Crippen MR) is 60.7 cm³/mol. The van der Waals surface area contributed by atoms with Crippen LogP contribution in [0.4, 0.5) is 0 Å². The Hall–Kier alpha value is -1.40. The summed E-state index contributed by atoms with van der Waals surface area (Å²) < 4.78 is 7.21. The molecule has 1 fully saturated rings. The van der Waals surface area contributed by atoms with Gasteiger partial charge in [0.25, 0.3) is 0 Å². The summed E-state index contributed by atoms with van der Waals surface area (Å²) in [6.45, 7) is 5.04. The minimum absolute atomic E-state index is 0.219. The van der Waals surface area contributed by atoms with E-state index in [0.717, 1.165) is 26.2 Å². The predicted octanol–water partition coefficient (Wildman–Crippen LogP) is 0.0586. The lowest BCUT2D eigenvalue weighted by Gasteiger charge is -2.47. The first-order valence-corrected chi connectivity index (χ1v) is 5.63. The van der Waals surface area contributed by atoms with E-state index in [2.05, 4.69) is 10.00 Å². The van der Waals surface area contributed by atoms with Crippen molar-refractivity contribution in [1.82, 2.24) is 14.7 Å². The van der Waals surface area contributed by atoms with Crippen molar-refractivity contribution < 1.29 is 14.6 Å². The number of hydrogen-bond acceptors (Lipinski definition) is 4. The summed E-state index contributed by atoms with van der Waals surface area (Å²) in [6.07, 6.45) is 3.69. The Morgan fingerprint density at radius 2 is 2.29 bits per heavy atom. The minimum Gasteiger partial charge on any atom is -0.480 e. The second-order valence-electron chi connectivity index (χ2n) is 4.61. The zero-order chi connectivity index (χ0) is 12.3. The van der Waals surface area contributed by atoms with Crippen LogP contribution in [-0.4, -0.2) is 57.6 Å². The Morgan fingerprint density at radius 3 is 2.88 bits per heavy atom. The van der Waals surface area contributed by atoms with Crippen LogP contribution in [0.15, 0.2) is 18.5 Å². The van der Waals surface area contributed by atoms with Crippen molar-refractivity contribution in [3.05, 3.63) is 18.5 Å². The molecule has 1 aromatic heterocycles. The third-order valence-electron chi connectivity index (χ3n) is 2.86. The molecule has 0 radical (unpaired) electrons. The van der Waals surface area contributed by atoms with Crippen molar-refractivity contribution >= 4 is 5.97 Å².